The molecule has 0 aliphatic heterocycles. The highest BCUT2D eigenvalue weighted by Crippen LogP contribution is 2.26. The topological polar surface area (TPSA) is 82.9 Å². The van der Waals surface area contributed by atoms with Gasteiger partial charge >= 0.3 is 12.2 Å². The summed E-state index contributed by atoms with van der Waals surface area (Å²) in [6, 6.07) is 6.15. The zero-order valence-corrected chi connectivity index (χ0v) is 11.8. The first-order valence-electron chi connectivity index (χ1n) is 6.18. The van der Waals surface area contributed by atoms with Crippen molar-refractivity contribution in [2.75, 3.05) is 7.11 Å². The van der Waals surface area contributed by atoms with Gasteiger partial charge in [0, 0.05) is 6.21 Å². The fourth-order valence-electron chi connectivity index (χ4n) is 1.49. The monoisotopic (exact) mass is 305 g/mol. The number of hydrogen-bond donors (Lipinski definition) is 0. The van der Waals surface area contributed by atoms with Crippen LogP contribution in [0.4, 0.5) is 15.0 Å². The van der Waals surface area contributed by atoms with E-state index in [0.717, 1.165) is 6.20 Å². The normalized spacial score (nSPS) is 10.5. The molecule has 0 amide bonds. The van der Waals surface area contributed by atoms with Crippen LogP contribution in [-0.2, 0) is 0 Å². The lowest BCUT2D eigenvalue weighted by Gasteiger charge is -2.08. The van der Waals surface area contributed by atoms with Crippen LogP contribution in [0.2, 0.25) is 0 Å². The molecule has 22 heavy (non-hydrogen) atoms. The molecule has 0 bridgehead atoms. The van der Waals surface area contributed by atoms with E-state index in [-0.39, 0.29) is 17.6 Å². The van der Waals surface area contributed by atoms with E-state index in [0.29, 0.717) is 5.75 Å². The van der Waals surface area contributed by atoms with Gasteiger partial charge in [-0.25, -0.2) is 19.2 Å². The second-order valence-corrected chi connectivity index (χ2v) is 3.82. The molecule has 2 rings (SSSR count). The first-order chi connectivity index (χ1) is 10.6. The van der Waals surface area contributed by atoms with Gasteiger partial charge in [0.2, 0.25) is 0 Å². The molecule has 0 saturated carbocycles. The largest absolute Gasteiger partial charge is 0.522 e. The second-order valence-electron chi connectivity index (χ2n) is 3.82. The lowest BCUT2D eigenvalue weighted by Crippen LogP contribution is -2.15. The highest BCUT2D eigenvalue weighted by Gasteiger charge is 2.14. The Balaban J connectivity index is 2.10. The SMILES string of the molecule is C/C=N/c1nc(OC(=O)Oc2ccccc2OC)ncc1F. The predicted octanol–water partition coefficient (Wildman–Crippen LogP) is 2.92. The maximum Gasteiger partial charge on any atom is 0.522 e. The van der Waals surface area contributed by atoms with Crippen molar-refractivity contribution >= 4 is 18.2 Å². The van der Waals surface area contributed by atoms with Crippen molar-refractivity contribution in [2.24, 2.45) is 4.99 Å². The van der Waals surface area contributed by atoms with Crippen LogP contribution in [0.1, 0.15) is 6.92 Å². The molecule has 0 saturated heterocycles. The van der Waals surface area contributed by atoms with Crippen LogP contribution >= 0.6 is 0 Å². The van der Waals surface area contributed by atoms with Gasteiger partial charge in [-0.2, -0.15) is 4.98 Å². The summed E-state index contributed by atoms with van der Waals surface area (Å²) in [6.45, 7) is 1.60. The third-order valence-corrected chi connectivity index (χ3v) is 2.39. The van der Waals surface area contributed by atoms with Crippen LogP contribution < -0.4 is 14.2 Å². The lowest BCUT2D eigenvalue weighted by molar-refractivity contribution is 0.146. The number of carbonyl (C=O) groups is 1. The minimum atomic E-state index is -1.08. The Morgan fingerprint density at radius 3 is 2.68 bits per heavy atom. The molecule has 0 aliphatic rings. The number of ether oxygens (including phenoxy) is 3. The van der Waals surface area contributed by atoms with E-state index in [4.69, 9.17) is 14.2 Å². The lowest BCUT2D eigenvalue weighted by atomic mass is 10.3. The molecule has 0 radical (unpaired) electrons. The van der Waals surface area contributed by atoms with Crippen LogP contribution in [0.3, 0.4) is 0 Å². The van der Waals surface area contributed by atoms with Crippen LogP contribution in [0.15, 0.2) is 35.5 Å². The van der Waals surface area contributed by atoms with Crippen LogP contribution in [0, 0.1) is 5.82 Å². The van der Waals surface area contributed by atoms with E-state index in [1.54, 1.807) is 25.1 Å². The van der Waals surface area contributed by atoms with Gasteiger partial charge in [-0.15, -0.1) is 0 Å². The molecule has 0 atom stereocenters. The number of rotatable bonds is 4. The molecular weight excluding hydrogens is 293 g/mol. The average Bonchev–Trinajstić information content (AvgIpc) is 2.51. The molecule has 2 aromatic rings. The van der Waals surface area contributed by atoms with Crippen molar-refractivity contribution in [2.45, 2.75) is 6.92 Å². The van der Waals surface area contributed by atoms with Crippen LogP contribution in [0.25, 0.3) is 0 Å². The highest BCUT2D eigenvalue weighted by molar-refractivity contribution is 5.67. The quantitative estimate of drug-likeness (QED) is 0.490. The highest BCUT2D eigenvalue weighted by atomic mass is 19.1. The van der Waals surface area contributed by atoms with E-state index in [1.165, 1.54) is 19.4 Å². The average molecular weight is 305 g/mol. The van der Waals surface area contributed by atoms with Crippen LogP contribution in [-0.4, -0.2) is 29.4 Å². The number of nitrogens with zero attached hydrogens (tertiary/aromatic N) is 3. The van der Waals surface area contributed by atoms with Crippen molar-refractivity contribution in [1.82, 2.24) is 9.97 Å². The molecule has 0 fully saturated rings. The number of hydrogen-bond acceptors (Lipinski definition) is 7. The summed E-state index contributed by atoms with van der Waals surface area (Å²) in [4.78, 5) is 22.6. The van der Waals surface area contributed by atoms with Gasteiger partial charge in [0.15, 0.2) is 23.1 Å². The summed E-state index contributed by atoms with van der Waals surface area (Å²) in [5, 5.41) is 0. The van der Waals surface area contributed by atoms with Gasteiger partial charge in [-0.05, 0) is 19.1 Å². The standard InChI is InChI=1S/C14H12FN3O4/c1-3-16-12-9(15)8-17-13(18-12)22-14(19)21-11-7-5-4-6-10(11)20-2/h3-8H,1-2H3/b16-3+. The van der Waals surface area contributed by atoms with E-state index >= 15 is 0 Å². The molecule has 0 N–H and O–H groups in total. The summed E-state index contributed by atoms with van der Waals surface area (Å²) in [6.07, 6.45) is 1.12. The minimum absolute atomic E-state index is 0.170. The summed E-state index contributed by atoms with van der Waals surface area (Å²) >= 11 is 0. The Morgan fingerprint density at radius 1 is 1.27 bits per heavy atom. The van der Waals surface area contributed by atoms with Crippen molar-refractivity contribution in [1.29, 1.82) is 0 Å². The third kappa shape index (κ3) is 3.75. The van der Waals surface area contributed by atoms with Gasteiger partial charge in [0.05, 0.1) is 13.3 Å². The maximum absolute atomic E-state index is 13.3. The van der Waals surface area contributed by atoms with Crippen molar-refractivity contribution in [3.63, 3.8) is 0 Å². The predicted molar refractivity (Wildman–Crippen MR) is 75.5 cm³/mol. The fourth-order valence-corrected chi connectivity index (χ4v) is 1.49. The van der Waals surface area contributed by atoms with Crippen LogP contribution in [0.5, 0.6) is 17.5 Å². The first kappa shape index (κ1) is 15.4. The summed E-state index contributed by atoms with van der Waals surface area (Å²) in [5.74, 6) is -0.444. The smallest absolute Gasteiger partial charge is 0.493 e. The Bertz CT molecular complexity index is 706. The number of aliphatic imine (C=N–C) groups is 1. The first-order valence-corrected chi connectivity index (χ1v) is 6.18. The van der Waals surface area contributed by atoms with Crippen molar-refractivity contribution in [3.05, 3.63) is 36.3 Å². The minimum Gasteiger partial charge on any atom is -0.493 e. The second kappa shape index (κ2) is 7.11. The van der Waals surface area contributed by atoms with E-state index in [1.807, 2.05) is 0 Å². The van der Waals surface area contributed by atoms with E-state index < -0.39 is 12.0 Å². The number of para-hydroxylation sites is 2. The molecule has 0 aliphatic carbocycles. The van der Waals surface area contributed by atoms with Gasteiger partial charge < -0.3 is 14.2 Å². The van der Waals surface area contributed by atoms with E-state index in [9.17, 15) is 9.18 Å². The van der Waals surface area contributed by atoms with Crippen molar-refractivity contribution in [3.8, 4) is 17.5 Å². The zero-order chi connectivity index (χ0) is 15.9. The summed E-state index contributed by atoms with van der Waals surface area (Å²) in [5.41, 5.74) is 0. The molecule has 0 spiro atoms. The molecular formula is C14H12FN3O4. The molecule has 7 nitrogen and oxygen atoms in total. The maximum atomic E-state index is 13.3. The number of benzene rings is 1. The molecule has 8 heteroatoms. The van der Waals surface area contributed by atoms with Gasteiger partial charge in [-0.3, -0.25) is 0 Å². The Hall–Kier alpha value is -3.03. The number of carbonyl (C=O) groups excluding carboxylic acids is 1. The molecule has 0 unspecified atom stereocenters. The number of methoxy groups -OCH3 is 1. The van der Waals surface area contributed by atoms with Gasteiger partial charge in [0.1, 0.15) is 0 Å². The molecule has 1 aromatic heterocycles. The zero-order valence-electron chi connectivity index (χ0n) is 11.8. The van der Waals surface area contributed by atoms with Gasteiger partial charge in [0.25, 0.3) is 0 Å². The Labute approximate surface area is 125 Å². The number of aromatic nitrogens is 2. The Kier molecular flexibility index (Phi) is 4.97. The summed E-state index contributed by atoms with van der Waals surface area (Å²) in [7, 11) is 1.44. The molecule has 1 heterocycles. The molecule has 114 valence electrons. The summed E-state index contributed by atoms with van der Waals surface area (Å²) < 4.78 is 28.1. The third-order valence-electron chi connectivity index (χ3n) is 2.39. The number of halogens is 1. The van der Waals surface area contributed by atoms with Gasteiger partial charge in [-0.1, -0.05) is 12.1 Å². The fraction of sp³-hybridized carbons (Fsp3) is 0.143. The van der Waals surface area contributed by atoms with Crippen molar-refractivity contribution < 1.29 is 23.4 Å². The van der Waals surface area contributed by atoms with E-state index in [2.05, 4.69) is 15.0 Å². The molecule has 1 aromatic carbocycles. The Morgan fingerprint density at radius 2 is 2.00 bits per heavy atom.